The summed E-state index contributed by atoms with van der Waals surface area (Å²) >= 11 is 2.14. The van der Waals surface area contributed by atoms with Gasteiger partial charge in [-0.05, 0) is 55.1 Å². The lowest BCUT2D eigenvalue weighted by molar-refractivity contribution is 0.144. The first-order valence-corrected chi connectivity index (χ1v) is 9.63. The van der Waals surface area contributed by atoms with Crippen LogP contribution in [0.3, 0.4) is 0 Å². The molecule has 0 radical (unpaired) electrons. The van der Waals surface area contributed by atoms with Crippen LogP contribution in [-0.2, 0) is 0 Å². The molecule has 0 aliphatic heterocycles. The number of nitrogens with zero attached hydrogens (tertiary/aromatic N) is 1. The summed E-state index contributed by atoms with van der Waals surface area (Å²) in [6.45, 7) is 7.16. The Kier molecular flexibility index (Phi) is 5.84. The molecule has 2 rings (SSSR count). The van der Waals surface area contributed by atoms with Gasteiger partial charge in [0.2, 0.25) is 0 Å². The molecule has 0 amide bonds. The fourth-order valence-electron chi connectivity index (χ4n) is 3.90. The van der Waals surface area contributed by atoms with Gasteiger partial charge in [0.25, 0.3) is 0 Å². The van der Waals surface area contributed by atoms with Gasteiger partial charge in [0.1, 0.15) is 0 Å². The second kappa shape index (κ2) is 7.21. The van der Waals surface area contributed by atoms with Crippen LogP contribution in [0.5, 0.6) is 0 Å². The van der Waals surface area contributed by atoms with E-state index in [4.69, 9.17) is 0 Å². The van der Waals surface area contributed by atoms with Gasteiger partial charge in [-0.15, -0.1) is 0 Å². The fraction of sp³-hybridized carbons (Fsp3) is 0.944. The van der Waals surface area contributed by atoms with Gasteiger partial charge in [0, 0.05) is 5.25 Å². The summed E-state index contributed by atoms with van der Waals surface area (Å²) < 4.78 is 0. The predicted molar refractivity (Wildman–Crippen MR) is 88.7 cm³/mol. The predicted octanol–water partition coefficient (Wildman–Crippen LogP) is 5.65. The van der Waals surface area contributed by atoms with Crippen LogP contribution >= 0.6 is 11.8 Å². The molecular weight excluding hydrogens is 262 g/mol. The first-order valence-electron chi connectivity index (χ1n) is 8.58. The van der Waals surface area contributed by atoms with Gasteiger partial charge in [0.15, 0.2) is 0 Å². The lowest BCUT2D eigenvalue weighted by atomic mass is 9.67. The van der Waals surface area contributed by atoms with Gasteiger partial charge in [-0.2, -0.15) is 17.0 Å². The maximum atomic E-state index is 9.44. The second-order valence-electron chi connectivity index (χ2n) is 7.61. The van der Waals surface area contributed by atoms with E-state index in [0.717, 1.165) is 18.3 Å². The topological polar surface area (TPSA) is 23.8 Å². The minimum absolute atomic E-state index is 0.310. The van der Waals surface area contributed by atoms with Crippen molar-refractivity contribution in [2.75, 3.05) is 5.75 Å². The van der Waals surface area contributed by atoms with Crippen molar-refractivity contribution in [1.82, 2.24) is 0 Å². The Morgan fingerprint density at radius 3 is 2.45 bits per heavy atom. The zero-order chi connectivity index (χ0) is 14.6. The zero-order valence-electron chi connectivity index (χ0n) is 13.5. The van der Waals surface area contributed by atoms with Crippen molar-refractivity contribution in [3.8, 4) is 6.07 Å². The van der Waals surface area contributed by atoms with Crippen LogP contribution in [0.4, 0.5) is 0 Å². The summed E-state index contributed by atoms with van der Waals surface area (Å²) in [5, 5.41) is 10.0. The number of hydrogen-bond donors (Lipinski definition) is 0. The SMILES string of the molecule is CCC(C)(C)C1CCC(C#N)C(SCC2CCCC2)C1. The standard InChI is InChI=1S/C18H31NS/c1-4-18(2,3)16-10-9-15(12-19)17(11-16)20-13-14-7-5-6-8-14/h14-17H,4-11,13H2,1-3H3. The molecule has 20 heavy (non-hydrogen) atoms. The average Bonchev–Trinajstić information content (AvgIpc) is 2.98. The highest BCUT2D eigenvalue weighted by Crippen LogP contribution is 2.46. The third-order valence-corrected chi connectivity index (χ3v) is 7.61. The van der Waals surface area contributed by atoms with Crippen LogP contribution in [0.25, 0.3) is 0 Å². The summed E-state index contributed by atoms with van der Waals surface area (Å²) in [6, 6.07) is 2.60. The Labute approximate surface area is 129 Å². The molecule has 1 nitrogen and oxygen atoms in total. The van der Waals surface area contributed by atoms with E-state index in [2.05, 4.69) is 38.6 Å². The zero-order valence-corrected chi connectivity index (χ0v) is 14.3. The molecule has 0 spiro atoms. The van der Waals surface area contributed by atoms with Crippen molar-refractivity contribution in [3.63, 3.8) is 0 Å². The molecule has 2 saturated carbocycles. The molecule has 2 aliphatic rings. The molecule has 0 bridgehead atoms. The van der Waals surface area contributed by atoms with Crippen molar-refractivity contribution in [3.05, 3.63) is 0 Å². The van der Waals surface area contributed by atoms with Gasteiger partial charge >= 0.3 is 0 Å². The quantitative estimate of drug-likeness (QED) is 0.653. The van der Waals surface area contributed by atoms with Gasteiger partial charge in [-0.25, -0.2) is 0 Å². The molecule has 3 atom stereocenters. The van der Waals surface area contributed by atoms with E-state index in [0.29, 0.717) is 16.6 Å². The van der Waals surface area contributed by atoms with Crippen LogP contribution in [0, 0.1) is 34.5 Å². The first-order chi connectivity index (χ1) is 9.56. The Hall–Kier alpha value is -0.160. The van der Waals surface area contributed by atoms with Gasteiger partial charge in [-0.3, -0.25) is 0 Å². The van der Waals surface area contributed by atoms with Crippen LogP contribution in [-0.4, -0.2) is 11.0 Å². The molecule has 0 saturated heterocycles. The van der Waals surface area contributed by atoms with E-state index in [1.165, 1.54) is 50.7 Å². The monoisotopic (exact) mass is 293 g/mol. The van der Waals surface area contributed by atoms with E-state index in [1.54, 1.807) is 0 Å². The minimum Gasteiger partial charge on any atom is -0.198 e. The van der Waals surface area contributed by atoms with Crippen molar-refractivity contribution >= 4 is 11.8 Å². The highest BCUT2D eigenvalue weighted by atomic mass is 32.2. The van der Waals surface area contributed by atoms with Gasteiger partial charge in [0.05, 0.1) is 12.0 Å². The van der Waals surface area contributed by atoms with Gasteiger partial charge < -0.3 is 0 Å². The lowest BCUT2D eigenvalue weighted by Gasteiger charge is -2.41. The molecule has 0 aromatic heterocycles. The fourth-order valence-corrected chi connectivity index (χ4v) is 5.55. The third-order valence-electron chi connectivity index (χ3n) is 5.99. The average molecular weight is 294 g/mol. The summed E-state index contributed by atoms with van der Waals surface area (Å²) in [5.41, 5.74) is 0.451. The third kappa shape index (κ3) is 3.94. The van der Waals surface area contributed by atoms with Crippen LogP contribution in [0.1, 0.15) is 72.1 Å². The summed E-state index contributed by atoms with van der Waals surface area (Å²) in [5.74, 6) is 3.38. The molecule has 3 unspecified atom stereocenters. The maximum Gasteiger partial charge on any atom is 0.0667 e. The van der Waals surface area contributed by atoms with E-state index >= 15 is 0 Å². The Balaban J connectivity index is 1.90. The molecule has 0 N–H and O–H groups in total. The number of nitriles is 1. The van der Waals surface area contributed by atoms with E-state index in [1.807, 2.05) is 0 Å². The number of hydrogen-bond acceptors (Lipinski definition) is 2. The van der Waals surface area contributed by atoms with Crippen LogP contribution in [0.15, 0.2) is 0 Å². The summed E-state index contributed by atoms with van der Waals surface area (Å²) in [4.78, 5) is 0. The summed E-state index contributed by atoms with van der Waals surface area (Å²) in [7, 11) is 0. The highest BCUT2D eigenvalue weighted by molar-refractivity contribution is 7.99. The van der Waals surface area contributed by atoms with E-state index < -0.39 is 0 Å². The normalized spacial score (nSPS) is 32.2. The highest BCUT2D eigenvalue weighted by Gasteiger charge is 2.37. The number of thioether (sulfide) groups is 1. The maximum absolute atomic E-state index is 9.44. The van der Waals surface area contributed by atoms with Crippen molar-refractivity contribution in [2.24, 2.45) is 23.2 Å². The number of rotatable bonds is 5. The van der Waals surface area contributed by atoms with Gasteiger partial charge in [-0.1, -0.05) is 40.0 Å². The van der Waals surface area contributed by atoms with E-state index in [9.17, 15) is 5.26 Å². The van der Waals surface area contributed by atoms with Crippen molar-refractivity contribution < 1.29 is 0 Å². The summed E-state index contributed by atoms with van der Waals surface area (Å²) in [6.07, 6.45) is 10.7. The Morgan fingerprint density at radius 2 is 1.85 bits per heavy atom. The molecule has 114 valence electrons. The minimum atomic E-state index is 0.310. The molecule has 2 aliphatic carbocycles. The molecule has 2 fully saturated rings. The molecule has 0 heterocycles. The van der Waals surface area contributed by atoms with Crippen molar-refractivity contribution in [2.45, 2.75) is 77.4 Å². The Morgan fingerprint density at radius 1 is 1.15 bits per heavy atom. The molecular formula is C18H31NS. The second-order valence-corrected chi connectivity index (χ2v) is 8.88. The molecule has 0 aromatic carbocycles. The molecule has 2 heteroatoms. The Bertz CT molecular complexity index is 338. The smallest absolute Gasteiger partial charge is 0.0667 e. The van der Waals surface area contributed by atoms with Crippen molar-refractivity contribution in [1.29, 1.82) is 5.26 Å². The first kappa shape index (κ1) is 16.2. The lowest BCUT2D eigenvalue weighted by Crippen LogP contribution is -2.34. The molecule has 0 aromatic rings. The largest absolute Gasteiger partial charge is 0.198 e. The van der Waals surface area contributed by atoms with Crippen LogP contribution < -0.4 is 0 Å². The van der Waals surface area contributed by atoms with Crippen LogP contribution in [0.2, 0.25) is 0 Å². The van der Waals surface area contributed by atoms with E-state index in [-0.39, 0.29) is 0 Å².